The molecule has 1 heterocycles. The summed E-state index contributed by atoms with van der Waals surface area (Å²) in [4.78, 5) is -0.291. The van der Waals surface area contributed by atoms with Gasteiger partial charge in [0.05, 0.1) is 11.0 Å². The molecule has 20 heavy (non-hydrogen) atoms. The molecule has 0 unspecified atom stereocenters. The summed E-state index contributed by atoms with van der Waals surface area (Å²) in [5.41, 5.74) is 0.270. The number of benzene rings is 1. The van der Waals surface area contributed by atoms with Gasteiger partial charge in [0.1, 0.15) is 5.82 Å². The Kier molecular flexibility index (Phi) is 3.83. The highest BCUT2D eigenvalue weighted by Gasteiger charge is 2.57. The summed E-state index contributed by atoms with van der Waals surface area (Å²) in [5, 5.41) is 0. The van der Waals surface area contributed by atoms with Crippen molar-refractivity contribution in [1.29, 1.82) is 0 Å². The number of para-hydroxylation sites is 2. The van der Waals surface area contributed by atoms with Crippen LogP contribution < -0.4 is 0 Å². The van der Waals surface area contributed by atoms with E-state index in [4.69, 9.17) is 0 Å². The van der Waals surface area contributed by atoms with Crippen LogP contribution in [0.3, 0.4) is 0 Å². The van der Waals surface area contributed by atoms with Crippen molar-refractivity contribution in [2.75, 3.05) is 0 Å². The molecule has 0 aliphatic rings. The number of fused-ring (bicyclic) bond motifs is 1. The Morgan fingerprint density at radius 1 is 1.20 bits per heavy atom. The molecule has 0 atom stereocenters. The van der Waals surface area contributed by atoms with E-state index in [9.17, 15) is 17.6 Å². The van der Waals surface area contributed by atoms with Crippen LogP contribution in [0.5, 0.6) is 0 Å². The van der Waals surface area contributed by atoms with Crippen molar-refractivity contribution in [3.05, 3.63) is 30.1 Å². The van der Waals surface area contributed by atoms with Crippen molar-refractivity contribution in [3.63, 3.8) is 0 Å². The van der Waals surface area contributed by atoms with Crippen LogP contribution in [-0.2, 0) is 12.5 Å². The van der Waals surface area contributed by atoms with E-state index in [1.54, 1.807) is 22.0 Å². The molecule has 0 N–H and O–H groups in total. The molecule has 1 aromatic carbocycles. The maximum Gasteiger partial charge on any atom is 0.404 e. The zero-order chi connectivity index (χ0) is 15.1. The zero-order valence-electron chi connectivity index (χ0n) is 10.9. The molecule has 2 aromatic rings. The Balaban J connectivity index is 2.71. The van der Waals surface area contributed by atoms with E-state index in [0.29, 0.717) is 4.57 Å². The fourth-order valence-electron chi connectivity index (χ4n) is 2.02. The van der Waals surface area contributed by atoms with Gasteiger partial charge in [-0.05, 0) is 34.0 Å². The maximum absolute atomic E-state index is 14.1. The van der Waals surface area contributed by atoms with Gasteiger partial charge in [-0.3, -0.25) is 4.57 Å². The van der Waals surface area contributed by atoms with E-state index in [1.165, 1.54) is 18.2 Å². The molecule has 0 aliphatic carbocycles. The Hall–Kier alpha value is -1.11. The number of rotatable bonds is 4. The van der Waals surface area contributed by atoms with Crippen molar-refractivity contribution < 1.29 is 17.6 Å². The average Bonchev–Trinajstić information content (AvgIpc) is 2.64. The van der Waals surface area contributed by atoms with Gasteiger partial charge < -0.3 is 0 Å². The minimum absolute atomic E-state index is 0.00715. The SMILES string of the molecule is CC(C)Cc1nc2ccccc2n1C(F)(F)C(F)(F)Br. The number of alkyl halides is 5. The van der Waals surface area contributed by atoms with Gasteiger partial charge in [0.15, 0.2) is 0 Å². The smallest absolute Gasteiger partial charge is 0.262 e. The quantitative estimate of drug-likeness (QED) is 0.572. The van der Waals surface area contributed by atoms with Gasteiger partial charge in [-0.2, -0.15) is 17.6 Å². The van der Waals surface area contributed by atoms with Crippen LogP contribution >= 0.6 is 15.9 Å². The molecule has 0 saturated carbocycles. The molecular formula is C13H13BrF4N2. The lowest BCUT2D eigenvalue weighted by Gasteiger charge is -2.25. The van der Waals surface area contributed by atoms with Crippen LogP contribution in [0.2, 0.25) is 0 Å². The fourth-order valence-corrected chi connectivity index (χ4v) is 2.20. The zero-order valence-corrected chi connectivity index (χ0v) is 12.5. The maximum atomic E-state index is 14.1. The van der Waals surface area contributed by atoms with E-state index in [2.05, 4.69) is 4.98 Å². The second kappa shape index (κ2) is 5.02. The van der Waals surface area contributed by atoms with Gasteiger partial charge in [-0.1, -0.05) is 26.0 Å². The van der Waals surface area contributed by atoms with Crippen LogP contribution in [-0.4, -0.2) is 14.4 Å². The lowest BCUT2D eigenvalue weighted by molar-refractivity contribution is -0.205. The summed E-state index contributed by atoms with van der Waals surface area (Å²) in [5.74, 6) is -0.0318. The Morgan fingerprint density at radius 3 is 2.35 bits per heavy atom. The first-order chi connectivity index (χ1) is 9.14. The normalized spacial score (nSPS) is 13.4. The molecule has 2 rings (SSSR count). The molecule has 2 nitrogen and oxygen atoms in total. The molecule has 0 radical (unpaired) electrons. The predicted molar refractivity (Wildman–Crippen MR) is 72.3 cm³/mol. The highest BCUT2D eigenvalue weighted by Crippen LogP contribution is 2.45. The summed E-state index contributed by atoms with van der Waals surface area (Å²) < 4.78 is 54.9. The first kappa shape index (κ1) is 15.3. The number of imidazole rings is 1. The summed E-state index contributed by atoms with van der Waals surface area (Å²) in [7, 11) is 0. The van der Waals surface area contributed by atoms with Crippen molar-refractivity contribution in [3.8, 4) is 0 Å². The molecule has 0 fully saturated rings. The first-order valence-corrected chi connectivity index (χ1v) is 6.85. The molecule has 0 saturated heterocycles. The molecule has 0 spiro atoms. The lowest BCUT2D eigenvalue weighted by Crippen LogP contribution is -2.39. The molecule has 1 aromatic heterocycles. The number of hydrogen-bond donors (Lipinski definition) is 0. The van der Waals surface area contributed by atoms with E-state index in [1.807, 2.05) is 13.8 Å². The van der Waals surface area contributed by atoms with Gasteiger partial charge in [0.25, 0.3) is 0 Å². The van der Waals surface area contributed by atoms with Crippen LogP contribution in [0.25, 0.3) is 11.0 Å². The summed E-state index contributed by atoms with van der Waals surface area (Å²) in [6, 6.07) is 1.63. The van der Waals surface area contributed by atoms with Crippen LogP contribution in [0.4, 0.5) is 17.6 Å². The van der Waals surface area contributed by atoms with Crippen molar-refractivity contribution in [2.45, 2.75) is 31.1 Å². The fraction of sp³-hybridized carbons (Fsp3) is 0.462. The van der Waals surface area contributed by atoms with Gasteiger partial charge >= 0.3 is 10.9 Å². The molecule has 0 bridgehead atoms. The molecule has 0 aliphatic heterocycles. The molecule has 0 amide bonds. The molecular weight excluding hydrogens is 340 g/mol. The second-order valence-corrected chi connectivity index (χ2v) is 5.99. The van der Waals surface area contributed by atoms with Crippen molar-refractivity contribution >= 4 is 27.0 Å². The number of halogens is 5. The minimum atomic E-state index is -4.40. The topological polar surface area (TPSA) is 17.8 Å². The van der Waals surface area contributed by atoms with E-state index < -0.39 is 10.9 Å². The Labute approximate surface area is 121 Å². The third-order valence-electron chi connectivity index (χ3n) is 2.84. The van der Waals surface area contributed by atoms with E-state index >= 15 is 0 Å². The van der Waals surface area contributed by atoms with Gasteiger partial charge in [-0.25, -0.2) is 4.98 Å². The highest BCUT2D eigenvalue weighted by atomic mass is 79.9. The lowest BCUT2D eigenvalue weighted by atomic mass is 10.1. The van der Waals surface area contributed by atoms with Crippen molar-refractivity contribution in [1.82, 2.24) is 9.55 Å². The second-order valence-electron chi connectivity index (χ2n) is 4.99. The highest BCUT2D eigenvalue weighted by molar-refractivity contribution is 9.10. The van der Waals surface area contributed by atoms with E-state index in [0.717, 1.165) is 0 Å². The molecule has 7 heteroatoms. The minimum Gasteiger partial charge on any atom is -0.262 e. The van der Waals surface area contributed by atoms with E-state index in [-0.39, 0.29) is 29.2 Å². The third kappa shape index (κ3) is 2.55. The van der Waals surface area contributed by atoms with Crippen LogP contribution in [0, 0.1) is 5.92 Å². The Bertz CT molecular complexity index is 616. The standard InChI is InChI=1S/C13H13BrF4N2/c1-8(2)7-11-19-9-5-3-4-6-10(9)20(11)13(17,18)12(14,15)16/h3-6,8H,7H2,1-2H3. The summed E-state index contributed by atoms with van der Waals surface area (Å²) in [6.07, 6.45) is 0.188. The van der Waals surface area contributed by atoms with Crippen LogP contribution in [0.15, 0.2) is 24.3 Å². The molecule has 110 valence electrons. The Morgan fingerprint density at radius 2 is 1.80 bits per heavy atom. The summed E-state index contributed by atoms with van der Waals surface area (Å²) >= 11 is 1.78. The largest absolute Gasteiger partial charge is 0.404 e. The van der Waals surface area contributed by atoms with Gasteiger partial charge in [-0.15, -0.1) is 0 Å². The number of nitrogens with zero attached hydrogens (tertiary/aromatic N) is 2. The summed E-state index contributed by atoms with van der Waals surface area (Å²) in [6.45, 7) is 3.63. The average molecular weight is 353 g/mol. The monoisotopic (exact) mass is 352 g/mol. The van der Waals surface area contributed by atoms with Crippen molar-refractivity contribution in [2.24, 2.45) is 5.92 Å². The number of hydrogen-bond acceptors (Lipinski definition) is 1. The van der Waals surface area contributed by atoms with Gasteiger partial charge in [0, 0.05) is 6.42 Å². The third-order valence-corrected chi connectivity index (χ3v) is 3.32. The number of aromatic nitrogens is 2. The van der Waals surface area contributed by atoms with Gasteiger partial charge in [0.2, 0.25) is 0 Å². The van der Waals surface area contributed by atoms with Crippen LogP contribution in [0.1, 0.15) is 19.7 Å². The first-order valence-electron chi connectivity index (χ1n) is 6.06. The predicted octanol–water partition coefficient (Wildman–Crippen LogP) is 4.77.